The van der Waals surface area contributed by atoms with Crippen molar-refractivity contribution in [3.05, 3.63) is 16.8 Å². The van der Waals surface area contributed by atoms with Crippen LogP contribution in [0.25, 0.3) is 0 Å². The van der Waals surface area contributed by atoms with Gasteiger partial charge in [-0.3, -0.25) is 5.41 Å². The van der Waals surface area contributed by atoms with E-state index in [1.54, 1.807) is 7.05 Å². The molecule has 0 saturated carbocycles. The molecule has 0 bridgehead atoms. The Kier molecular flexibility index (Phi) is 3.60. The van der Waals surface area contributed by atoms with Gasteiger partial charge in [-0.25, -0.2) is 0 Å². The maximum Gasteiger partial charge on any atom is 0.159 e. The maximum absolute atomic E-state index is 7.57. The Labute approximate surface area is 89.6 Å². The number of anilines is 1. The second kappa shape index (κ2) is 4.72. The molecule has 0 aliphatic carbocycles. The van der Waals surface area contributed by atoms with Crippen molar-refractivity contribution in [1.29, 1.82) is 5.41 Å². The van der Waals surface area contributed by atoms with E-state index in [9.17, 15) is 0 Å². The number of hydrogen-bond acceptors (Lipinski definition) is 4. The minimum atomic E-state index is 0.0424. The van der Waals surface area contributed by atoms with E-state index in [2.05, 4.69) is 15.5 Å². The van der Waals surface area contributed by atoms with Crippen molar-refractivity contribution >= 4 is 11.7 Å². The molecule has 0 radical (unpaired) electrons. The van der Waals surface area contributed by atoms with Gasteiger partial charge in [-0.1, -0.05) is 13.8 Å². The lowest BCUT2D eigenvalue weighted by Gasteiger charge is -2.13. The summed E-state index contributed by atoms with van der Waals surface area (Å²) in [6.45, 7) is 4.05. The Balaban J connectivity index is 3.44. The average Bonchev–Trinajstić information content (AvgIpc) is 2.26. The van der Waals surface area contributed by atoms with Crippen LogP contribution in [0.15, 0.2) is 0 Å². The van der Waals surface area contributed by atoms with Crippen molar-refractivity contribution in [2.24, 2.45) is 5.73 Å². The standard InChI is InChI=1S/C10H17N5/c1-4-6-7(5-2)14-15-10(13-3)8(6)9(11)12/h4-5H2,1-3H3,(H3,11,12)(H,13,15). The number of rotatable bonds is 4. The Hall–Kier alpha value is -1.65. The minimum Gasteiger partial charge on any atom is -0.384 e. The van der Waals surface area contributed by atoms with Crippen LogP contribution < -0.4 is 11.1 Å². The van der Waals surface area contributed by atoms with Crippen LogP contribution in [0.2, 0.25) is 0 Å². The molecule has 4 N–H and O–H groups in total. The number of nitrogens with one attached hydrogen (secondary N) is 2. The molecule has 5 nitrogen and oxygen atoms in total. The molecule has 15 heavy (non-hydrogen) atoms. The van der Waals surface area contributed by atoms with Gasteiger partial charge in [0.15, 0.2) is 5.82 Å². The lowest BCUT2D eigenvalue weighted by molar-refractivity contribution is 0.876. The number of nitrogens with zero attached hydrogens (tertiary/aromatic N) is 2. The van der Waals surface area contributed by atoms with Gasteiger partial charge in [0.1, 0.15) is 5.84 Å². The van der Waals surface area contributed by atoms with Gasteiger partial charge in [0.05, 0.1) is 11.3 Å². The molecule has 1 rings (SSSR count). The quantitative estimate of drug-likeness (QED) is 0.506. The molecule has 0 saturated heterocycles. The third kappa shape index (κ3) is 2.06. The van der Waals surface area contributed by atoms with Gasteiger partial charge in [0.25, 0.3) is 0 Å². The molecule has 0 amide bonds. The highest BCUT2D eigenvalue weighted by atomic mass is 15.2. The molecular formula is C10H17N5. The Morgan fingerprint density at radius 2 is 2.00 bits per heavy atom. The molecule has 0 spiro atoms. The summed E-state index contributed by atoms with van der Waals surface area (Å²) in [5, 5.41) is 18.6. The van der Waals surface area contributed by atoms with Gasteiger partial charge >= 0.3 is 0 Å². The van der Waals surface area contributed by atoms with Crippen LogP contribution in [-0.4, -0.2) is 23.1 Å². The topological polar surface area (TPSA) is 87.7 Å². The van der Waals surface area contributed by atoms with Crippen LogP contribution in [0.4, 0.5) is 5.82 Å². The zero-order valence-electron chi connectivity index (χ0n) is 9.39. The lowest BCUT2D eigenvalue weighted by Crippen LogP contribution is -2.19. The fourth-order valence-electron chi connectivity index (χ4n) is 1.64. The van der Waals surface area contributed by atoms with Crippen molar-refractivity contribution in [3.63, 3.8) is 0 Å². The zero-order valence-corrected chi connectivity index (χ0v) is 9.39. The summed E-state index contributed by atoms with van der Waals surface area (Å²) in [6.07, 6.45) is 1.61. The molecule has 5 heteroatoms. The first-order valence-electron chi connectivity index (χ1n) is 5.06. The molecule has 0 fully saturated rings. The predicted molar refractivity (Wildman–Crippen MR) is 61.4 cm³/mol. The fraction of sp³-hybridized carbons (Fsp3) is 0.500. The summed E-state index contributed by atoms with van der Waals surface area (Å²) in [5.41, 5.74) is 8.19. The molecule has 1 aromatic rings. The van der Waals surface area contributed by atoms with E-state index in [0.29, 0.717) is 11.4 Å². The van der Waals surface area contributed by atoms with Gasteiger partial charge in [-0.05, 0) is 18.4 Å². The average molecular weight is 207 g/mol. The molecule has 1 heterocycles. The molecule has 0 aromatic carbocycles. The van der Waals surface area contributed by atoms with E-state index < -0.39 is 0 Å². The highest BCUT2D eigenvalue weighted by molar-refractivity contribution is 6.01. The van der Waals surface area contributed by atoms with Crippen LogP contribution in [0, 0.1) is 5.41 Å². The number of aryl methyl sites for hydroxylation is 1. The fourth-order valence-corrected chi connectivity index (χ4v) is 1.64. The Morgan fingerprint density at radius 3 is 2.40 bits per heavy atom. The third-order valence-corrected chi connectivity index (χ3v) is 2.35. The van der Waals surface area contributed by atoms with Gasteiger partial charge in [0.2, 0.25) is 0 Å². The summed E-state index contributed by atoms with van der Waals surface area (Å²) in [5.74, 6) is 0.623. The van der Waals surface area contributed by atoms with Crippen molar-refractivity contribution in [3.8, 4) is 0 Å². The van der Waals surface area contributed by atoms with Gasteiger partial charge in [-0.2, -0.15) is 5.10 Å². The number of hydrogen-bond donors (Lipinski definition) is 3. The normalized spacial score (nSPS) is 10.1. The van der Waals surface area contributed by atoms with E-state index in [1.165, 1.54) is 0 Å². The third-order valence-electron chi connectivity index (χ3n) is 2.35. The second-order valence-electron chi connectivity index (χ2n) is 3.22. The van der Waals surface area contributed by atoms with Crippen molar-refractivity contribution in [2.45, 2.75) is 26.7 Å². The number of aromatic nitrogens is 2. The summed E-state index contributed by atoms with van der Waals surface area (Å²) in [4.78, 5) is 0. The Bertz CT molecular complexity index is 372. The van der Waals surface area contributed by atoms with E-state index in [1.807, 2.05) is 13.8 Å². The minimum absolute atomic E-state index is 0.0424. The van der Waals surface area contributed by atoms with Crippen molar-refractivity contribution < 1.29 is 0 Å². The van der Waals surface area contributed by atoms with Crippen LogP contribution >= 0.6 is 0 Å². The lowest BCUT2D eigenvalue weighted by atomic mass is 10.0. The SMILES string of the molecule is CCc1nnc(NC)c(C(=N)N)c1CC. The summed E-state index contributed by atoms with van der Waals surface area (Å²) >= 11 is 0. The summed E-state index contributed by atoms with van der Waals surface area (Å²) in [6, 6.07) is 0. The van der Waals surface area contributed by atoms with Crippen LogP contribution in [0.5, 0.6) is 0 Å². The van der Waals surface area contributed by atoms with Crippen LogP contribution in [0.1, 0.15) is 30.7 Å². The number of nitrogens with two attached hydrogens (primary N) is 1. The highest BCUT2D eigenvalue weighted by Crippen LogP contribution is 2.19. The first-order chi connectivity index (χ1) is 7.15. The molecule has 0 unspecified atom stereocenters. The molecular weight excluding hydrogens is 190 g/mol. The highest BCUT2D eigenvalue weighted by Gasteiger charge is 2.15. The molecule has 0 aliphatic rings. The second-order valence-corrected chi connectivity index (χ2v) is 3.22. The summed E-state index contributed by atoms with van der Waals surface area (Å²) in [7, 11) is 1.75. The Morgan fingerprint density at radius 1 is 1.33 bits per heavy atom. The first-order valence-corrected chi connectivity index (χ1v) is 5.06. The number of amidine groups is 1. The van der Waals surface area contributed by atoms with Gasteiger partial charge in [-0.15, -0.1) is 5.10 Å². The molecule has 82 valence electrons. The molecule has 0 aliphatic heterocycles. The van der Waals surface area contributed by atoms with Crippen molar-refractivity contribution in [2.75, 3.05) is 12.4 Å². The van der Waals surface area contributed by atoms with Crippen LogP contribution in [0.3, 0.4) is 0 Å². The van der Waals surface area contributed by atoms with Crippen molar-refractivity contribution in [1.82, 2.24) is 10.2 Å². The van der Waals surface area contributed by atoms with E-state index >= 15 is 0 Å². The van der Waals surface area contributed by atoms with Gasteiger partial charge in [0, 0.05) is 7.05 Å². The van der Waals surface area contributed by atoms with E-state index in [-0.39, 0.29) is 5.84 Å². The molecule has 1 aromatic heterocycles. The van der Waals surface area contributed by atoms with Crippen LogP contribution in [-0.2, 0) is 12.8 Å². The van der Waals surface area contributed by atoms with E-state index in [4.69, 9.17) is 11.1 Å². The largest absolute Gasteiger partial charge is 0.384 e. The first kappa shape index (κ1) is 11.4. The predicted octanol–water partition coefficient (Wildman–Crippen LogP) is 0.927. The maximum atomic E-state index is 7.57. The smallest absolute Gasteiger partial charge is 0.159 e. The molecule has 0 atom stereocenters. The number of nitrogen functional groups attached to an aromatic ring is 1. The summed E-state index contributed by atoms with van der Waals surface area (Å²) < 4.78 is 0. The zero-order chi connectivity index (χ0) is 11.4. The monoisotopic (exact) mass is 207 g/mol. The van der Waals surface area contributed by atoms with E-state index in [0.717, 1.165) is 24.1 Å². The van der Waals surface area contributed by atoms with Gasteiger partial charge < -0.3 is 11.1 Å².